The van der Waals surface area contributed by atoms with Crippen LogP contribution in [-0.4, -0.2) is 25.3 Å². The molecule has 2 rings (SSSR count). The van der Waals surface area contributed by atoms with Gasteiger partial charge >= 0.3 is 0 Å². The molecule has 0 amide bonds. The van der Waals surface area contributed by atoms with Crippen molar-refractivity contribution < 1.29 is 4.74 Å². The summed E-state index contributed by atoms with van der Waals surface area (Å²) in [7, 11) is 0. The van der Waals surface area contributed by atoms with E-state index in [4.69, 9.17) is 4.74 Å². The van der Waals surface area contributed by atoms with Crippen LogP contribution < -0.4 is 5.32 Å². The van der Waals surface area contributed by atoms with Crippen LogP contribution in [0.5, 0.6) is 0 Å². The summed E-state index contributed by atoms with van der Waals surface area (Å²) < 4.78 is 5.72. The van der Waals surface area contributed by atoms with Gasteiger partial charge in [-0.1, -0.05) is 25.7 Å². The normalized spacial score (nSPS) is 30.2. The molecular weight excluding hydrogens is 198 g/mol. The van der Waals surface area contributed by atoms with Crippen molar-refractivity contribution in [3.8, 4) is 0 Å². The number of hydrogen-bond acceptors (Lipinski definition) is 2. The highest BCUT2D eigenvalue weighted by atomic mass is 16.5. The third-order valence-corrected chi connectivity index (χ3v) is 4.23. The highest BCUT2D eigenvalue weighted by Crippen LogP contribution is 2.23. The summed E-state index contributed by atoms with van der Waals surface area (Å²) in [6, 6.07) is 0.547. The molecule has 2 atom stereocenters. The van der Waals surface area contributed by atoms with Crippen molar-refractivity contribution in [3.05, 3.63) is 0 Å². The molecule has 2 fully saturated rings. The van der Waals surface area contributed by atoms with E-state index in [1.807, 2.05) is 0 Å². The van der Waals surface area contributed by atoms with Crippen LogP contribution in [0.3, 0.4) is 0 Å². The zero-order valence-corrected chi connectivity index (χ0v) is 10.7. The Morgan fingerprint density at radius 2 is 1.81 bits per heavy atom. The lowest BCUT2D eigenvalue weighted by molar-refractivity contribution is 0.0820. The maximum Gasteiger partial charge on any atom is 0.0726 e. The summed E-state index contributed by atoms with van der Waals surface area (Å²) in [4.78, 5) is 0. The molecule has 1 saturated carbocycles. The van der Waals surface area contributed by atoms with E-state index in [-0.39, 0.29) is 0 Å². The molecule has 2 unspecified atom stereocenters. The van der Waals surface area contributed by atoms with E-state index in [9.17, 15) is 0 Å². The Hall–Kier alpha value is -0.0800. The molecule has 0 aromatic carbocycles. The van der Waals surface area contributed by atoms with Gasteiger partial charge in [0.2, 0.25) is 0 Å². The first kappa shape index (κ1) is 12.4. The SMILES string of the molecule is CC(NCC1CCCCCC1)C1CCCO1. The van der Waals surface area contributed by atoms with Gasteiger partial charge in [0.25, 0.3) is 0 Å². The fourth-order valence-electron chi connectivity index (χ4n) is 3.05. The molecule has 1 saturated heterocycles. The van der Waals surface area contributed by atoms with Gasteiger partial charge in [0.15, 0.2) is 0 Å². The fraction of sp³-hybridized carbons (Fsp3) is 1.00. The quantitative estimate of drug-likeness (QED) is 0.742. The van der Waals surface area contributed by atoms with E-state index in [1.54, 1.807) is 0 Å². The third kappa shape index (κ3) is 3.74. The molecule has 2 heteroatoms. The first-order valence-corrected chi connectivity index (χ1v) is 7.21. The van der Waals surface area contributed by atoms with Crippen LogP contribution in [0.15, 0.2) is 0 Å². The van der Waals surface area contributed by atoms with Crippen molar-refractivity contribution in [1.29, 1.82) is 0 Å². The van der Waals surface area contributed by atoms with Crippen LogP contribution in [0, 0.1) is 5.92 Å². The molecule has 0 bridgehead atoms. The number of nitrogens with one attached hydrogen (secondary N) is 1. The van der Waals surface area contributed by atoms with Crippen LogP contribution in [0.2, 0.25) is 0 Å². The second kappa shape index (κ2) is 6.61. The molecule has 16 heavy (non-hydrogen) atoms. The Kier molecular flexibility index (Phi) is 5.11. The van der Waals surface area contributed by atoms with E-state index in [1.165, 1.54) is 57.9 Å². The van der Waals surface area contributed by atoms with Crippen molar-refractivity contribution in [2.45, 2.75) is 70.4 Å². The number of rotatable bonds is 4. The highest BCUT2D eigenvalue weighted by molar-refractivity contribution is 4.78. The molecule has 1 heterocycles. The maximum absolute atomic E-state index is 5.72. The minimum atomic E-state index is 0.478. The van der Waals surface area contributed by atoms with Gasteiger partial charge in [-0.25, -0.2) is 0 Å². The molecule has 1 N–H and O–H groups in total. The van der Waals surface area contributed by atoms with Gasteiger partial charge in [-0.3, -0.25) is 0 Å². The molecule has 1 aliphatic heterocycles. The van der Waals surface area contributed by atoms with Gasteiger partial charge in [-0.15, -0.1) is 0 Å². The Morgan fingerprint density at radius 3 is 2.44 bits per heavy atom. The minimum Gasteiger partial charge on any atom is -0.377 e. The van der Waals surface area contributed by atoms with E-state index < -0.39 is 0 Å². The van der Waals surface area contributed by atoms with E-state index >= 15 is 0 Å². The van der Waals surface area contributed by atoms with Gasteiger partial charge < -0.3 is 10.1 Å². The van der Waals surface area contributed by atoms with Gasteiger partial charge in [-0.2, -0.15) is 0 Å². The van der Waals surface area contributed by atoms with Crippen molar-refractivity contribution in [3.63, 3.8) is 0 Å². The molecule has 0 aromatic rings. The summed E-state index contributed by atoms with van der Waals surface area (Å²) in [6.45, 7) is 4.47. The number of hydrogen-bond donors (Lipinski definition) is 1. The molecule has 0 aromatic heterocycles. The van der Waals surface area contributed by atoms with Crippen LogP contribution in [0.1, 0.15) is 58.3 Å². The average Bonchev–Trinajstić information content (AvgIpc) is 2.71. The predicted octanol–water partition coefficient (Wildman–Crippen LogP) is 3.11. The van der Waals surface area contributed by atoms with E-state index in [2.05, 4.69) is 12.2 Å². The van der Waals surface area contributed by atoms with Gasteiger partial charge in [-0.05, 0) is 45.1 Å². The lowest BCUT2D eigenvalue weighted by Gasteiger charge is -2.23. The van der Waals surface area contributed by atoms with E-state index in [0.29, 0.717) is 12.1 Å². The Balaban J connectivity index is 1.64. The molecule has 0 radical (unpaired) electrons. The van der Waals surface area contributed by atoms with Gasteiger partial charge in [0, 0.05) is 12.6 Å². The van der Waals surface area contributed by atoms with Crippen LogP contribution in [0.4, 0.5) is 0 Å². The summed E-state index contributed by atoms with van der Waals surface area (Å²) in [5.41, 5.74) is 0. The van der Waals surface area contributed by atoms with Crippen LogP contribution >= 0.6 is 0 Å². The lowest BCUT2D eigenvalue weighted by atomic mass is 9.99. The molecule has 0 spiro atoms. The summed E-state index contributed by atoms with van der Waals surface area (Å²) in [6.07, 6.45) is 11.7. The fourth-order valence-corrected chi connectivity index (χ4v) is 3.05. The molecule has 94 valence electrons. The van der Waals surface area contributed by atoms with Crippen molar-refractivity contribution >= 4 is 0 Å². The lowest BCUT2D eigenvalue weighted by Crippen LogP contribution is -2.39. The summed E-state index contributed by atoms with van der Waals surface area (Å²) in [5.74, 6) is 0.923. The first-order valence-electron chi connectivity index (χ1n) is 7.21. The molecular formula is C14H27NO. The highest BCUT2D eigenvalue weighted by Gasteiger charge is 2.22. The summed E-state index contributed by atoms with van der Waals surface area (Å²) in [5, 5.41) is 3.70. The third-order valence-electron chi connectivity index (χ3n) is 4.23. The smallest absolute Gasteiger partial charge is 0.0726 e. The average molecular weight is 225 g/mol. The Bertz CT molecular complexity index is 179. The molecule has 1 aliphatic carbocycles. The monoisotopic (exact) mass is 225 g/mol. The minimum absolute atomic E-state index is 0.478. The van der Waals surface area contributed by atoms with Crippen LogP contribution in [0.25, 0.3) is 0 Å². The predicted molar refractivity (Wildman–Crippen MR) is 67.6 cm³/mol. The van der Waals surface area contributed by atoms with Gasteiger partial charge in [0.05, 0.1) is 6.10 Å². The summed E-state index contributed by atoms with van der Waals surface area (Å²) >= 11 is 0. The zero-order valence-electron chi connectivity index (χ0n) is 10.7. The van der Waals surface area contributed by atoms with Crippen molar-refractivity contribution in [2.75, 3.05) is 13.2 Å². The largest absolute Gasteiger partial charge is 0.377 e. The van der Waals surface area contributed by atoms with Crippen molar-refractivity contribution in [2.24, 2.45) is 5.92 Å². The first-order chi connectivity index (χ1) is 7.86. The van der Waals surface area contributed by atoms with Crippen LogP contribution in [-0.2, 0) is 4.74 Å². The Labute approximate surface area is 100 Å². The topological polar surface area (TPSA) is 21.3 Å². The maximum atomic E-state index is 5.72. The number of ether oxygens (including phenoxy) is 1. The zero-order chi connectivity index (χ0) is 11.2. The van der Waals surface area contributed by atoms with Crippen molar-refractivity contribution in [1.82, 2.24) is 5.32 Å². The second-order valence-electron chi connectivity index (χ2n) is 5.61. The molecule has 2 aliphatic rings. The molecule has 2 nitrogen and oxygen atoms in total. The second-order valence-corrected chi connectivity index (χ2v) is 5.61. The van der Waals surface area contributed by atoms with E-state index in [0.717, 1.165) is 12.5 Å². The standard InChI is InChI=1S/C14H27NO/c1-12(14-9-6-10-16-14)15-11-13-7-4-2-3-5-8-13/h12-15H,2-11H2,1H3. The Morgan fingerprint density at radius 1 is 1.06 bits per heavy atom. The van der Waals surface area contributed by atoms with Gasteiger partial charge in [0.1, 0.15) is 0 Å².